The molecule has 0 bridgehead atoms. The first-order chi connectivity index (χ1) is 12.7. The molecule has 0 saturated carbocycles. The van der Waals surface area contributed by atoms with Gasteiger partial charge in [-0.25, -0.2) is 0 Å². The van der Waals surface area contributed by atoms with Crippen molar-refractivity contribution < 1.29 is 9.53 Å². The van der Waals surface area contributed by atoms with E-state index in [4.69, 9.17) is 10.5 Å². The van der Waals surface area contributed by atoms with Crippen LogP contribution >= 0.6 is 0 Å². The normalized spacial score (nSPS) is 12.3. The third kappa shape index (κ3) is 18.2. The zero-order chi connectivity index (χ0) is 19.3. The summed E-state index contributed by atoms with van der Waals surface area (Å²) < 4.78 is 5.16. The van der Waals surface area contributed by atoms with Crippen molar-refractivity contribution >= 4 is 5.97 Å². The molecule has 0 aliphatic rings. The molecule has 26 heavy (non-hydrogen) atoms. The molecule has 0 spiro atoms. The Hall–Kier alpha value is -0.570. The molecule has 0 saturated heterocycles. The Labute approximate surface area is 163 Å². The lowest BCUT2D eigenvalue weighted by molar-refractivity contribution is -0.145. The van der Waals surface area contributed by atoms with Gasteiger partial charge in [-0.3, -0.25) is 4.79 Å². The third-order valence-electron chi connectivity index (χ3n) is 5.16. The van der Waals surface area contributed by atoms with Gasteiger partial charge >= 0.3 is 5.97 Å². The zero-order valence-corrected chi connectivity index (χ0v) is 17.9. The van der Waals surface area contributed by atoms with E-state index in [1.807, 2.05) is 0 Å². The molecule has 3 nitrogen and oxygen atoms in total. The van der Waals surface area contributed by atoms with Gasteiger partial charge < -0.3 is 10.5 Å². The minimum Gasteiger partial charge on any atom is -0.465 e. The summed E-state index contributed by atoms with van der Waals surface area (Å²) >= 11 is 0. The molecule has 3 heteroatoms. The van der Waals surface area contributed by atoms with Crippen LogP contribution in [0.2, 0.25) is 0 Å². The minimum atomic E-state index is -0.422. The second-order valence-electron chi connectivity index (χ2n) is 7.87. The highest BCUT2D eigenvalue weighted by molar-refractivity contribution is 5.75. The highest BCUT2D eigenvalue weighted by Crippen LogP contribution is 2.14. The number of ether oxygens (including phenoxy) is 1. The van der Waals surface area contributed by atoms with E-state index in [-0.39, 0.29) is 5.97 Å². The Kier molecular flexibility index (Phi) is 20.3. The molecule has 0 aromatic rings. The predicted octanol–water partition coefficient (Wildman–Crippen LogP) is 6.92. The molecule has 0 fully saturated rings. The van der Waals surface area contributed by atoms with Crippen molar-refractivity contribution in [3.05, 3.63) is 0 Å². The van der Waals surface area contributed by atoms with Crippen molar-refractivity contribution in [2.75, 3.05) is 6.61 Å². The van der Waals surface area contributed by atoms with E-state index < -0.39 is 6.04 Å². The summed E-state index contributed by atoms with van der Waals surface area (Å²) in [6, 6.07) is -0.422. The Morgan fingerprint density at radius 2 is 1.04 bits per heavy atom. The fraction of sp³-hybridized carbons (Fsp3) is 0.957. The van der Waals surface area contributed by atoms with Crippen LogP contribution in [0, 0.1) is 0 Å². The van der Waals surface area contributed by atoms with Crippen LogP contribution < -0.4 is 5.73 Å². The summed E-state index contributed by atoms with van der Waals surface area (Å²) in [5.41, 5.74) is 5.88. The van der Waals surface area contributed by atoms with E-state index in [9.17, 15) is 4.79 Å². The maximum atomic E-state index is 11.6. The topological polar surface area (TPSA) is 52.3 Å². The van der Waals surface area contributed by atoms with E-state index in [2.05, 4.69) is 13.8 Å². The van der Waals surface area contributed by atoms with Crippen molar-refractivity contribution in [3.8, 4) is 0 Å². The van der Waals surface area contributed by atoms with Crippen LogP contribution in [-0.2, 0) is 9.53 Å². The van der Waals surface area contributed by atoms with Crippen molar-refractivity contribution in [2.45, 2.75) is 135 Å². The Balaban J connectivity index is 3.20. The van der Waals surface area contributed by atoms with E-state index in [1.165, 1.54) is 89.9 Å². The summed E-state index contributed by atoms with van der Waals surface area (Å²) in [6.07, 6.45) is 23.1. The highest BCUT2D eigenvalue weighted by atomic mass is 16.5. The number of nitrogens with two attached hydrogens (primary N) is 1. The molecule has 0 aliphatic heterocycles. The molecule has 0 rings (SSSR count). The van der Waals surface area contributed by atoms with Crippen LogP contribution in [0.5, 0.6) is 0 Å². The van der Waals surface area contributed by atoms with Gasteiger partial charge in [-0.05, 0) is 12.8 Å². The molecule has 0 aliphatic carbocycles. The SMILES string of the molecule is CCCCCCCCCCCCCCCCCC(N)C(=O)OCCCC. The second-order valence-corrected chi connectivity index (χ2v) is 7.87. The average molecular weight is 370 g/mol. The molecule has 156 valence electrons. The molecule has 1 atom stereocenters. The third-order valence-corrected chi connectivity index (χ3v) is 5.16. The Bertz CT molecular complexity index is 294. The zero-order valence-electron chi connectivity index (χ0n) is 17.9. The quantitative estimate of drug-likeness (QED) is 0.187. The number of carbonyl (C=O) groups excluding carboxylic acids is 1. The van der Waals surface area contributed by atoms with E-state index in [0.717, 1.165) is 25.7 Å². The van der Waals surface area contributed by atoms with Crippen molar-refractivity contribution in [3.63, 3.8) is 0 Å². The smallest absolute Gasteiger partial charge is 0.322 e. The first-order valence-corrected chi connectivity index (χ1v) is 11.6. The van der Waals surface area contributed by atoms with Gasteiger partial charge in [0, 0.05) is 0 Å². The van der Waals surface area contributed by atoms with Crippen LogP contribution in [0.25, 0.3) is 0 Å². The van der Waals surface area contributed by atoms with Crippen LogP contribution in [0.15, 0.2) is 0 Å². The summed E-state index contributed by atoms with van der Waals surface area (Å²) in [7, 11) is 0. The molecular formula is C23H47NO2. The molecule has 2 N–H and O–H groups in total. The first-order valence-electron chi connectivity index (χ1n) is 11.6. The van der Waals surface area contributed by atoms with Gasteiger partial charge in [0.2, 0.25) is 0 Å². The number of hydrogen-bond acceptors (Lipinski definition) is 3. The maximum absolute atomic E-state index is 11.6. The van der Waals surface area contributed by atoms with Crippen LogP contribution in [0.1, 0.15) is 129 Å². The van der Waals surface area contributed by atoms with Gasteiger partial charge in [-0.1, -0.05) is 117 Å². The maximum Gasteiger partial charge on any atom is 0.322 e. The second kappa shape index (κ2) is 20.7. The Morgan fingerprint density at radius 1 is 0.654 bits per heavy atom. The molecule has 0 radical (unpaired) electrons. The van der Waals surface area contributed by atoms with E-state index in [1.54, 1.807) is 0 Å². The lowest BCUT2D eigenvalue weighted by Gasteiger charge is -2.11. The standard InChI is InChI=1S/C23H47NO2/c1-3-5-7-8-9-10-11-12-13-14-15-16-17-18-19-20-22(24)23(25)26-21-6-4-2/h22H,3-21,24H2,1-2H3. The van der Waals surface area contributed by atoms with E-state index in [0.29, 0.717) is 6.61 Å². The number of unbranched alkanes of at least 4 members (excludes halogenated alkanes) is 15. The molecule has 0 amide bonds. The summed E-state index contributed by atoms with van der Waals surface area (Å²) in [5.74, 6) is -0.219. The Morgan fingerprint density at radius 3 is 1.46 bits per heavy atom. The summed E-state index contributed by atoms with van der Waals surface area (Å²) in [6.45, 7) is 4.88. The summed E-state index contributed by atoms with van der Waals surface area (Å²) in [5, 5.41) is 0. The molecule has 0 aromatic heterocycles. The predicted molar refractivity (Wildman–Crippen MR) is 113 cm³/mol. The lowest BCUT2D eigenvalue weighted by Crippen LogP contribution is -2.32. The van der Waals surface area contributed by atoms with Crippen molar-refractivity contribution in [2.24, 2.45) is 5.73 Å². The van der Waals surface area contributed by atoms with Gasteiger partial charge in [0.05, 0.1) is 6.61 Å². The highest BCUT2D eigenvalue weighted by Gasteiger charge is 2.13. The molecular weight excluding hydrogens is 322 g/mol. The summed E-state index contributed by atoms with van der Waals surface area (Å²) in [4.78, 5) is 11.6. The lowest BCUT2D eigenvalue weighted by atomic mass is 10.0. The van der Waals surface area contributed by atoms with Gasteiger partial charge in [0.25, 0.3) is 0 Å². The van der Waals surface area contributed by atoms with Gasteiger partial charge in [-0.2, -0.15) is 0 Å². The first kappa shape index (κ1) is 25.4. The number of hydrogen-bond donors (Lipinski definition) is 1. The number of rotatable bonds is 20. The minimum absolute atomic E-state index is 0.219. The fourth-order valence-electron chi connectivity index (χ4n) is 3.28. The average Bonchev–Trinajstić information content (AvgIpc) is 2.64. The van der Waals surface area contributed by atoms with Gasteiger partial charge in [0.15, 0.2) is 0 Å². The van der Waals surface area contributed by atoms with E-state index >= 15 is 0 Å². The monoisotopic (exact) mass is 369 g/mol. The van der Waals surface area contributed by atoms with Crippen molar-refractivity contribution in [1.82, 2.24) is 0 Å². The largest absolute Gasteiger partial charge is 0.465 e. The fourth-order valence-corrected chi connectivity index (χ4v) is 3.28. The van der Waals surface area contributed by atoms with Gasteiger partial charge in [-0.15, -0.1) is 0 Å². The van der Waals surface area contributed by atoms with Crippen LogP contribution in [0.3, 0.4) is 0 Å². The van der Waals surface area contributed by atoms with Crippen molar-refractivity contribution in [1.29, 1.82) is 0 Å². The molecule has 0 heterocycles. The molecule has 1 unspecified atom stereocenters. The number of esters is 1. The van der Waals surface area contributed by atoms with Gasteiger partial charge in [0.1, 0.15) is 6.04 Å². The molecule has 0 aromatic carbocycles. The van der Waals surface area contributed by atoms with Crippen LogP contribution in [-0.4, -0.2) is 18.6 Å². The number of carbonyl (C=O) groups is 1. The van der Waals surface area contributed by atoms with Crippen LogP contribution in [0.4, 0.5) is 0 Å².